The van der Waals surface area contributed by atoms with E-state index in [-0.39, 0.29) is 30.3 Å². The molecular weight excluding hydrogens is 264 g/mol. The third-order valence-corrected chi connectivity index (χ3v) is 3.53. The van der Waals surface area contributed by atoms with Crippen molar-refractivity contribution in [3.63, 3.8) is 0 Å². The van der Waals surface area contributed by atoms with Crippen LogP contribution in [-0.2, 0) is 11.3 Å². The zero-order valence-corrected chi connectivity index (χ0v) is 12.1. The molecule has 0 radical (unpaired) electrons. The van der Waals surface area contributed by atoms with Gasteiger partial charge in [0.05, 0.1) is 0 Å². The lowest BCUT2D eigenvalue weighted by molar-refractivity contribution is -0.125. The third kappa shape index (κ3) is 4.84. The maximum atomic E-state index is 11.9. The Morgan fingerprint density at radius 1 is 1.58 bits per heavy atom. The number of carbonyl (C=O) groups excluding carboxylic acids is 1. The van der Waals surface area contributed by atoms with Crippen molar-refractivity contribution in [1.82, 2.24) is 15.1 Å². The topological polar surface area (TPSA) is 72.9 Å². The van der Waals surface area contributed by atoms with Crippen molar-refractivity contribution < 1.29 is 4.79 Å². The molecule has 2 rings (SSSR count). The molecule has 1 aliphatic rings. The predicted molar refractivity (Wildman–Crippen MR) is 77.0 cm³/mol. The normalized spacial score (nSPS) is 23.7. The quantitative estimate of drug-likeness (QED) is 0.854. The van der Waals surface area contributed by atoms with Crippen LogP contribution in [0.1, 0.15) is 26.2 Å². The Morgan fingerprint density at radius 2 is 2.37 bits per heavy atom. The number of rotatable bonds is 5. The molecule has 1 heterocycles. The van der Waals surface area contributed by atoms with E-state index in [0.29, 0.717) is 12.5 Å². The molecule has 0 aromatic carbocycles. The van der Waals surface area contributed by atoms with Crippen LogP contribution in [0.25, 0.3) is 0 Å². The number of amides is 1. The molecule has 6 heteroatoms. The molecule has 1 amide bonds. The van der Waals surface area contributed by atoms with E-state index in [1.807, 2.05) is 16.9 Å². The standard InChI is InChI=1S/C13H22N4O.ClH/c1-10(9-17-6-2-5-16-17)8-15-13(18)11-3-4-12(14)7-11;/h2,5-6,10-12H,3-4,7-9,14H2,1H3,(H,15,18);1H. The van der Waals surface area contributed by atoms with Gasteiger partial charge in [-0.3, -0.25) is 9.48 Å². The molecule has 1 fully saturated rings. The molecule has 1 saturated carbocycles. The lowest BCUT2D eigenvalue weighted by Gasteiger charge is -2.15. The van der Waals surface area contributed by atoms with Gasteiger partial charge in [0.15, 0.2) is 0 Å². The van der Waals surface area contributed by atoms with Crippen LogP contribution in [0.3, 0.4) is 0 Å². The molecule has 3 N–H and O–H groups in total. The monoisotopic (exact) mass is 286 g/mol. The lowest BCUT2D eigenvalue weighted by atomic mass is 10.1. The SMILES string of the molecule is CC(CNC(=O)C1CCC(N)C1)Cn1cccn1.Cl. The predicted octanol–water partition coefficient (Wildman–Crippen LogP) is 1.18. The van der Waals surface area contributed by atoms with E-state index in [2.05, 4.69) is 17.3 Å². The average Bonchev–Trinajstić information content (AvgIpc) is 2.97. The van der Waals surface area contributed by atoms with E-state index >= 15 is 0 Å². The van der Waals surface area contributed by atoms with Gasteiger partial charge in [0, 0.05) is 37.4 Å². The van der Waals surface area contributed by atoms with Gasteiger partial charge >= 0.3 is 0 Å². The Bertz CT molecular complexity index is 382. The van der Waals surface area contributed by atoms with Crippen LogP contribution >= 0.6 is 12.4 Å². The molecule has 0 bridgehead atoms. The highest BCUT2D eigenvalue weighted by atomic mass is 35.5. The number of halogens is 1. The van der Waals surface area contributed by atoms with Crippen LogP contribution in [0.2, 0.25) is 0 Å². The van der Waals surface area contributed by atoms with E-state index in [9.17, 15) is 4.79 Å². The molecule has 3 unspecified atom stereocenters. The number of hydrogen-bond acceptors (Lipinski definition) is 3. The average molecular weight is 287 g/mol. The van der Waals surface area contributed by atoms with Gasteiger partial charge in [-0.05, 0) is 31.2 Å². The van der Waals surface area contributed by atoms with Gasteiger partial charge in [0.2, 0.25) is 5.91 Å². The second-order valence-corrected chi connectivity index (χ2v) is 5.35. The fourth-order valence-corrected chi connectivity index (χ4v) is 2.47. The van der Waals surface area contributed by atoms with Crippen LogP contribution < -0.4 is 11.1 Å². The first-order chi connectivity index (χ1) is 8.65. The zero-order valence-electron chi connectivity index (χ0n) is 11.3. The number of hydrogen-bond donors (Lipinski definition) is 2. The first kappa shape index (κ1) is 16.0. The second kappa shape index (κ2) is 7.50. The largest absolute Gasteiger partial charge is 0.356 e. The molecule has 0 spiro atoms. The molecule has 3 atom stereocenters. The van der Waals surface area contributed by atoms with Gasteiger partial charge in [-0.1, -0.05) is 6.92 Å². The minimum atomic E-state index is 0. The van der Waals surface area contributed by atoms with Gasteiger partial charge in [-0.25, -0.2) is 0 Å². The molecule has 1 aromatic rings. The summed E-state index contributed by atoms with van der Waals surface area (Å²) in [5.74, 6) is 0.663. The van der Waals surface area contributed by atoms with E-state index in [0.717, 1.165) is 25.8 Å². The first-order valence-electron chi connectivity index (χ1n) is 6.66. The van der Waals surface area contributed by atoms with Crippen molar-refractivity contribution in [3.05, 3.63) is 18.5 Å². The summed E-state index contributed by atoms with van der Waals surface area (Å²) >= 11 is 0. The number of nitrogens with one attached hydrogen (secondary N) is 1. The summed E-state index contributed by atoms with van der Waals surface area (Å²) in [6.07, 6.45) is 6.44. The minimum Gasteiger partial charge on any atom is -0.356 e. The van der Waals surface area contributed by atoms with Crippen molar-refractivity contribution in [2.75, 3.05) is 6.54 Å². The maximum absolute atomic E-state index is 11.9. The highest BCUT2D eigenvalue weighted by Gasteiger charge is 2.27. The molecular formula is C13H23ClN4O. The van der Waals surface area contributed by atoms with E-state index in [4.69, 9.17) is 5.73 Å². The van der Waals surface area contributed by atoms with Crippen molar-refractivity contribution >= 4 is 18.3 Å². The molecule has 108 valence electrons. The smallest absolute Gasteiger partial charge is 0.223 e. The van der Waals surface area contributed by atoms with Crippen LogP contribution in [0.15, 0.2) is 18.5 Å². The lowest BCUT2D eigenvalue weighted by Crippen LogP contribution is -2.34. The molecule has 1 aliphatic carbocycles. The zero-order chi connectivity index (χ0) is 13.0. The third-order valence-electron chi connectivity index (χ3n) is 3.53. The number of nitrogens with zero attached hydrogens (tertiary/aromatic N) is 2. The fraction of sp³-hybridized carbons (Fsp3) is 0.692. The summed E-state index contributed by atoms with van der Waals surface area (Å²) in [5.41, 5.74) is 5.82. The first-order valence-corrected chi connectivity index (χ1v) is 6.66. The Kier molecular flexibility index (Phi) is 6.31. The van der Waals surface area contributed by atoms with Gasteiger partial charge in [0.1, 0.15) is 0 Å². The molecule has 5 nitrogen and oxygen atoms in total. The summed E-state index contributed by atoms with van der Waals surface area (Å²) in [6.45, 7) is 3.64. The highest BCUT2D eigenvalue weighted by Crippen LogP contribution is 2.24. The van der Waals surface area contributed by atoms with E-state index < -0.39 is 0 Å². The van der Waals surface area contributed by atoms with Crippen LogP contribution in [0, 0.1) is 11.8 Å². The molecule has 0 saturated heterocycles. The van der Waals surface area contributed by atoms with Crippen molar-refractivity contribution in [3.8, 4) is 0 Å². The van der Waals surface area contributed by atoms with Crippen molar-refractivity contribution in [2.45, 2.75) is 38.8 Å². The van der Waals surface area contributed by atoms with Gasteiger partial charge in [-0.15, -0.1) is 12.4 Å². The fourth-order valence-electron chi connectivity index (χ4n) is 2.47. The Labute approximate surface area is 120 Å². The van der Waals surface area contributed by atoms with Gasteiger partial charge in [0.25, 0.3) is 0 Å². The summed E-state index contributed by atoms with van der Waals surface area (Å²) in [4.78, 5) is 11.9. The Balaban J connectivity index is 0.00000180. The summed E-state index contributed by atoms with van der Waals surface area (Å²) in [5, 5.41) is 7.18. The second-order valence-electron chi connectivity index (χ2n) is 5.35. The summed E-state index contributed by atoms with van der Waals surface area (Å²) in [7, 11) is 0. The molecule has 0 aliphatic heterocycles. The Hall–Kier alpha value is -1.07. The number of carbonyl (C=O) groups is 1. The Morgan fingerprint density at radius 3 is 2.95 bits per heavy atom. The van der Waals surface area contributed by atoms with Crippen LogP contribution in [0.4, 0.5) is 0 Å². The van der Waals surface area contributed by atoms with Crippen molar-refractivity contribution in [1.29, 1.82) is 0 Å². The van der Waals surface area contributed by atoms with Crippen LogP contribution in [-0.4, -0.2) is 28.3 Å². The van der Waals surface area contributed by atoms with E-state index in [1.54, 1.807) is 6.20 Å². The number of nitrogens with two attached hydrogens (primary N) is 1. The summed E-state index contributed by atoms with van der Waals surface area (Å²) < 4.78 is 1.89. The highest BCUT2D eigenvalue weighted by molar-refractivity contribution is 5.85. The molecule has 1 aromatic heterocycles. The minimum absolute atomic E-state index is 0. The summed E-state index contributed by atoms with van der Waals surface area (Å²) in [6, 6.07) is 2.12. The van der Waals surface area contributed by atoms with E-state index in [1.165, 1.54) is 0 Å². The molecule has 19 heavy (non-hydrogen) atoms. The van der Waals surface area contributed by atoms with Gasteiger partial charge < -0.3 is 11.1 Å². The maximum Gasteiger partial charge on any atom is 0.223 e. The van der Waals surface area contributed by atoms with Gasteiger partial charge in [-0.2, -0.15) is 5.10 Å². The van der Waals surface area contributed by atoms with Crippen molar-refractivity contribution in [2.24, 2.45) is 17.6 Å². The van der Waals surface area contributed by atoms with Crippen LogP contribution in [0.5, 0.6) is 0 Å². The number of aromatic nitrogens is 2.